The lowest BCUT2D eigenvalue weighted by Gasteiger charge is -1.92. The Labute approximate surface area is 97.2 Å². The molecule has 0 saturated carbocycles. The molecule has 0 aliphatic carbocycles. The molecule has 2 heterocycles. The van der Waals surface area contributed by atoms with E-state index in [2.05, 4.69) is 15.4 Å². The van der Waals surface area contributed by atoms with Gasteiger partial charge in [0.15, 0.2) is 0 Å². The average Bonchev–Trinajstić information content (AvgIpc) is 2.98. The molecule has 0 atom stereocenters. The number of hydrogen-bond acceptors (Lipinski definition) is 4. The van der Waals surface area contributed by atoms with Crippen LogP contribution in [0.15, 0.2) is 47.1 Å². The van der Waals surface area contributed by atoms with Crippen LogP contribution in [0.25, 0.3) is 22.7 Å². The number of nitrogens with two attached hydrogens (primary N) is 1. The number of nitrogen functional groups attached to an aromatic ring is 1. The van der Waals surface area contributed by atoms with Crippen LogP contribution in [0, 0.1) is 0 Å². The summed E-state index contributed by atoms with van der Waals surface area (Å²) in [6, 6.07) is 11.8. The average molecular weight is 226 g/mol. The van der Waals surface area contributed by atoms with Crippen LogP contribution < -0.4 is 5.73 Å². The Morgan fingerprint density at radius 2 is 2.00 bits per heavy atom. The lowest BCUT2D eigenvalue weighted by Crippen LogP contribution is -1.84. The molecule has 3 aromatic rings. The van der Waals surface area contributed by atoms with Gasteiger partial charge in [-0.15, -0.1) is 0 Å². The molecule has 0 fully saturated rings. The van der Waals surface area contributed by atoms with E-state index in [0.29, 0.717) is 11.4 Å². The molecule has 0 aliphatic heterocycles. The van der Waals surface area contributed by atoms with E-state index in [4.69, 9.17) is 10.3 Å². The summed E-state index contributed by atoms with van der Waals surface area (Å²) in [4.78, 5) is 0. The molecule has 1 aromatic carbocycles. The van der Waals surface area contributed by atoms with Crippen molar-refractivity contribution in [2.45, 2.75) is 0 Å². The van der Waals surface area contributed by atoms with E-state index in [9.17, 15) is 0 Å². The largest absolute Gasteiger partial charge is 0.394 e. The zero-order chi connectivity index (χ0) is 11.7. The van der Waals surface area contributed by atoms with Gasteiger partial charge in [-0.3, -0.25) is 5.10 Å². The summed E-state index contributed by atoms with van der Waals surface area (Å²) in [5.74, 6) is 0.514. The highest BCUT2D eigenvalue weighted by molar-refractivity contribution is 5.71. The number of hydrogen-bond donors (Lipinski definition) is 2. The highest BCUT2D eigenvalue weighted by Gasteiger charge is 2.11. The van der Waals surface area contributed by atoms with E-state index in [-0.39, 0.29) is 0 Å². The van der Waals surface area contributed by atoms with Crippen molar-refractivity contribution in [3.8, 4) is 22.7 Å². The van der Waals surface area contributed by atoms with E-state index in [1.807, 2.05) is 36.4 Å². The maximum absolute atomic E-state index is 5.72. The standard InChI is InChI=1S/C12H10N4O/c13-9-7-14-17-12(9)11-6-10(15-16-11)8-4-2-1-3-5-8/h1-7H,13H2,(H,15,16). The minimum absolute atomic E-state index is 0.494. The van der Waals surface area contributed by atoms with Gasteiger partial charge in [0.2, 0.25) is 5.76 Å². The summed E-state index contributed by atoms with van der Waals surface area (Å²) in [6.07, 6.45) is 1.47. The van der Waals surface area contributed by atoms with Crippen LogP contribution in [-0.4, -0.2) is 15.4 Å². The normalized spacial score (nSPS) is 10.6. The van der Waals surface area contributed by atoms with Gasteiger partial charge in [0.05, 0.1) is 11.9 Å². The third-order valence-corrected chi connectivity index (χ3v) is 2.49. The molecule has 17 heavy (non-hydrogen) atoms. The number of anilines is 1. The van der Waals surface area contributed by atoms with Gasteiger partial charge in [-0.2, -0.15) is 5.10 Å². The lowest BCUT2D eigenvalue weighted by molar-refractivity contribution is 0.431. The summed E-state index contributed by atoms with van der Waals surface area (Å²) < 4.78 is 5.05. The second-order valence-electron chi connectivity index (χ2n) is 3.64. The van der Waals surface area contributed by atoms with Gasteiger partial charge in [-0.05, 0) is 6.07 Å². The molecule has 3 N–H and O–H groups in total. The first-order valence-corrected chi connectivity index (χ1v) is 5.16. The van der Waals surface area contributed by atoms with Crippen LogP contribution in [0.5, 0.6) is 0 Å². The third-order valence-electron chi connectivity index (χ3n) is 2.49. The van der Waals surface area contributed by atoms with Crippen molar-refractivity contribution < 1.29 is 4.52 Å². The number of aromatic nitrogens is 3. The van der Waals surface area contributed by atoms with Crippen LogP contribution in [0.2, 0.25) is 0 Å². The molecule has 2 aromatic heterocycles. The first-order valence-electron chi connectivity index (χ1n) is 5.16. The molecule has 84 valence electrons. The highest BCUT2D eigenvalue weighted by atomic mass is 16.5. The Bertz CT molecular complexity index is 627. The first-order chi connectivity index (χ1) is 8.34. The predicted octanol–water partition coefficient (Wildman–Crippen LogP) is 2.31. The van der Waals surface area contributed by atoms with E-state index in [0.717, 1.165) is 17.0 Å². The van der Waals surface area contributed by atoms with Crippen molar-refractivity contribution in [2.75, 3.05) is 5.73 Å². The van der Waals surface area contributed by atoms with Crippen molar-refractivity contribution in [1.29, 1.82) is 0 Å². The number of benzene rings is 1. The van der Waals surface area contributed by atoms with Crippen molar-refractivity contribution in [2.24, 2.45) is 0 Å². The molecule has 5 heteroatoms. The van der Waals surface area contributed by atoms with Crippen LogP contribution in [0.4, 0.5) is 5.69 Å². The van der Waals surface area contributed by atoms with Crippen molar-refractivity contribution >= 4 is 5.69 Å². The fourth-order valence-corrected chi connectivity index (χ4v) is 1.65. The van der Waals surface area contributed by atoms with Gasteiger partial charge in [-0.1, -0.05) is 35.5 Å². The molecule has 0 aliphatic rings. The van der Waals surface area contributed by atoms with Gasteiger partial charge in [0, 0.05) is 5.56 Å². The Balaban J connectivity index is 2.02. The van der Waals surface area contributed by atoms with Crippen molar-refractivity contribution in [3.63, 3.8) is 0 Å². The number of nitrogens with one attached hydrogen (secondary N) is 1. The minimum atomic E-state index is 0.494. The summed E-state index contributed by atoms with van der Waals surface area (Å²) in [5.41, 5.74) is 8.81. The molecule has 0 amide bonds. The van der Waals surface area contributed by atoms with Gasteiger partial charge in [0.25, 0.3) is 0 Å². The quantitative estimate of drug-likeness (QED) is 0.702. The van der Waals surface area contributed by atoms with Gasteiger partial charge in [0.1, 0.15) is 11.4 Å². The first kappa shape index (κ1) is 9.65. The molecule has 3 rings (SSSR count). The third kappa shape index (κ3) is 1.67. The molecule has 0 unspecified atom stereocenters. The van der Waals surface area contributed by atoms with Gasteiger partial charge < -0.3 is 10.3 Å². The fourth-order valence-electron chi connectivity index (χ4n) is 1.65. The summed E-state index contributed by atoms with van der Waals surface area (Å²) in [5, 5.41) is 10.7. The number of H-pyrrole nitrogens is 1. The van der Waals surface area contributed by atoms with Gasteiger partial charge in [-0.25, -0.2) is 0 Å². The lowest BCUT2D eigenvalue weighted by atomic mass is 10.1. The summed E-state index contributed by atoms with van der Waals surface area (Å²) in [7, 11) is 0. The van der Waals surface area contributed by atoms with Crippen LogP contribution in [-0.2, 0) is 0 Å². The van der Waals surface area contributed by atoms with E-state index < -0.39 is 0 Å². The minimum Gasteiger partial charge on any atom is -0.394 e. The van der Waals surface area contributed by atoms with Gasteiger partial charge >= 0.3 is 0 Å². The Kier molecular flexibility index (Phi) is 2.15. The second-order valence-corrected chi connectivity index (χ2v) is 3.64. The second kappa shape index (κ2) is 3.79. The number of rotatable bonds is 2. The zero-order valence-electron chi connectivity index (χ0n) is 8.92. The van der Waals surface area contributed by atoms with Crippen LogP contribution >= 0.6 is 0 Å². The van der Waals surface area contributed by atoms with Crippen molar-refractivity contribution in [1.82, 2.24) is 15.4 Å². The van der Waals surface area contributed by atoms with Crippen molar-refractivity contribution in [3.05, 3.63) is 42.6 Å². The molecule has 0 saturated heterocycles. The molecular formula is C12H10N4O. The molecule has 0 spiro atoms. The highest BCUT2D eigenvalue weighted by Crippen LogP contribution is 2.27. The summed E-state index contributed by atoms with van der Waals surface area (Å²) in [6.45, 7) is 0. The summed E-state index contributed by atoms with van der Waals surface area (Å²) >= 11 is 0. The van der Waals surface area contributed by atoms with E-state index in [1.54, 1.807) is 0 Å². The van der Waals surface area contributed by atoms with E-state index in [1.165, 1.54) is 6.20 Å². The maximum atomic E-state index is 5.72. The Morgan fingerprint density at radius 3 is 2.71 bits per heavy atom. The predicted molar refractivity (Wildman–Crippen MR) is 63.9 cm³/mol. The number of aromatic amines is 1. The van der Waals surface area contributed by atoms with Crippen LogP contribution in [0.3, 0.4) is 0 Å². The van der Waals surface area contributed by atoms with E-state index >= 15 is 0 Å². The molecule has 0 bridgehead atoms. The monoisotopic (exact) mass is 226 g/mol. The molecule has 5 nitrogen and oxygen atoms in total. The maximum Gasteiger partial charge on any atom is 0.207 e. The topological polar surface area (TPSA) is 80.7 Å². The SMILES string of the molecule is Nc1cnoc1-c1cc(-c2ccccc2)n[nH]1. The Hall–Kier alpha value is -2.56. The molecular weight excluding hydrogens is 216 g/mol. The fraction of sp³-hybridized carbons (Fsp3) is 0. The Morgan fingerprint density at radius 1 is 1.18 bits per heavy atom. The number of nitrogens with zero attached hydrogens (tertiary/aromatic N) is 2. The van der Waals surface area contributed by atoms with Crippen LogP contribution in [0.1, 0.15) is 0 Å². The zero-order valence-corrected chi connectivity index (χ0v) is 8.92. The smallest absolute Gasteiger partial charge is 0.207 e. The molecule has 0 radical (unpaired) electrons.